The number of amides is 2. The molecule has 1 radical (unpaired) electrons. The highest BCUT2D eigenvalue weighted by Crippen LogP contribution is 2.19. The lowest BCUT2D eigenvalue weighted by atomic mass is 10.0. The van der Waals surface area contributed by atoms with Crippen molar-refractivity contribution < 1.29 is 9.59 Å². The maximum atomic E-state index is 12.5. The monoisotopic (exact) mass is 296 g/mol. The second kappa shape index (κ2) is 6.68. The Bertz CT molecular complexity index is 675. The van der Waals surface area contributed by atoms with E-state index in [1.165, 1.54) is 0 Å². The predicted molar refractivity (Wildman–Crippen MR) is 84.6 cm³/mol. The van der Waals surface area contributed by atoms with E-state index in [9.17, 15) is 9.59 Å². The maximum absolute atomic E-state index is 12.5. The summed E-state index contributed by atoms with van der Waals surface area (Å²) >= 11 is 0. The van der Waals surface area contributed by atoms with Crippen molar-refractivity contribution in [2.45, 2.75) is 6.42 Å². The standard InChI is InChI=1S/C17H18N3O2/c21-13-20(19-10-8-18-9-11-19)17(22)12-15-6-3-5-14-4-1-2-7-16(14)15/h1-7,18H,8-12H2. The molecule has 2 aromatic rings. The van der Waals surface area contributed by atoms with Crippen LogP contribution in [0, 0.1) is 0 Å². The number of imide groups is 1. The van der Waals surface area contributed by atoms with Gasteiger partial charge in [-0.05, 0) is 16.3 Å². The minimum absolute atomic E-state index is 0.195. The average Bonchev–Trinajstić information content (AvgIpc) is 2.57. The molecule has 2 aromatic carbocycles. The normalized spacial score (nSPS) is 15.6. The molecule has 0 aromatic heterocycles. The van der Waals surface area contributed by atoms with E-state index in [1.807, 2.05) is 42.5 Å². The topological polar surface area (TPSA) is 52.7 Å². The summed E-state index contributed by atoms with van der Waals surface area (Å²) in [6.07, 6.45) is 1.97. The lowest BCUT2D eigenvalue weighted by Gasteiger charge is -2.33. The largest absolute Gasteiger partial charge is 0.335 e. The SMILES string of the molecule is O=[C]N(C(=O)Cc1cccc2ccccc12)N1CCNCC1. The number of hydrogen-bond acceptors (Lipinski definition) is 4. The molecule has 113 valence electrons. The Morgan fingerprint density at radius 1 is 1.14 bits per heavy atom. The molecule has 1 aliphatic rings. The molecule has 1 fully saturated rings. The van der Waals surface area contributed by atoms with Crippen molar-refractivity contribution in [2.24, 2.45) is 0 Å². The number of benzene rings is 2. The highest BCUT2D eigenvalue weighted by Gasteiger charge is 2.23. The van der Waals surface area contributed by atoms with E-state index in [0.29, 0.717) is 13.1 Å². The number of carbonyl (C=O) groups excluding carboxylic acids is 2. The molecule has 0 atom stereocenters. The van der Waals surface area contributed by atoms with E-state index in [0.717, 1.165) is 34.4 Å². The Labute approximate surface area is 129 Å². The van der Waals surface area contributed by atoms with Gasteiger partial charge in [0, 0.05) is 26.2 Å². The summed E-state index contributed by atoms with van der Waals surface area (Å²) in [5.74, 6) is -0.242. The van der Waals surface area contributed by atoms with Crippen molar-refractivity contribution in [3.63, 3.8) is 0 Å². The molecule has 3 rings (SSSR count). The van der Waals surface area contributed by atoms with Gasteiger partial charge in [-0.3, -0.25) is 9.59 Å². The van der Waals surface area contributed by atoms with Gasteiger partial charge in [0.2, 0.25) is 5.91 Å². The lowest BCUT2D eigenvalue weighted by Crippen LogP contribution is -2.54. The number of carbonyl (C=O) groups is 1. The van der Waals surface area contributed by atoms with E-state index < -0.39 is 0 Å². The first-order valence-corrected chi connectivity index (χ1v) is 7.42. The number of nitrogens with zero attached hydrogens (tertiary/aromatic N) is 2. The molecule has 5 nitrogen and oxygen atoms in total. The van der Waals surface area contributed by atoms with Gasteiger partial charge < -0.3 is 5.32 Å². The summed E-state index contributed by atoms with van der Waals surface area (Å²) < 4.78 is 0. The quantitative estimate of drug-likeness (QED) is 0.859. The van der Waals surface area contributed by atoms with Crippen LogP contribution in [0.2, 0.25) is 0 Å². The number of piperazine rings is 1. The van der Waals surface area contributed by atoms with Gasteiger partial charge in [-0.25, -0.2) is 10.0 Å². The van der Waals surface area contributed by atoms with Crippen LogP contribution in [0.1, 0.15) is 5.56 Å². The molecule has 0 aliphatic carbocycles. The smallest absolute Gasteiger partial charge is 0.314 e. The molecule has 2 amide bonds. The third-order valence-electron chi connectivity index (χ3n) is 3.92. The Kier molecular flexibility index (Phi) is 4.46. The Morgan fingerprint density at radius 2 is 1.86 bits per heavy atom. The summed E-state index contributed by atoms with van der Waals surface area (Å²) in [6.45, 7) is 2.80. The van der Waals surface area contributed by atoms with Crippen LogP contribution in [0.15, 0.2) is 42.5 Å². The van der Waals surface area contributed by atoms with Gasteiger partial charge >= 0.3 is 6.41 Å². The third kappa shape index (κ3) is 3.00. The molecule has 0 unspecified atom stereocenters. The first-order chi connectivity index (χ1) is 10.8. The number of rotatable bonds is 4. The summed E-state index contributed by atoms with van der Waals surface area (Å²) in [5.41, 5.74) is 0.929. The van der Waals surface area contributed by atoms with Crippen LogP contribution in [0.3, 0.4) is 0 Å². The molecule has 0 saturated carbocycles. The Hall–Kier alpha value is -2.24. The first kappa shape index (κ1) is 14.7. The van der Waals surface area contributed by atoms with Gasteiger partial charge in [-0.2, -0.15) is 0 Å². The second-order valence-electron chi connectivity index (χ2n) is 5.32. The number of nitrogens with one attached hydrogen (secondary N) is 1. The van der Waals surface area contributed by atoms with Crippen molar-refractivity contribution in [2.75, 3.05) is 26.2 Å². The minimum Gasteiger partial charge on any atom is -0.314 e. The molecule has 1 heterocycles. The zero-order valence-corrected chi connectivity index (χ0v) is 12.3. The van der Waals surface area contributed by atoms with Gasteiger partial charge in [-0.1, -0.05) is 42.5 Å². The molecule has 5 heteroatoms. The Morgan fingerprint density at radius 3 is 2.64 bits per heavy atom. The van der Waals surface area contributed by atoms with Crippen LogP contribution in [0.4, 0.5) is 0 Å². The van der Waals surface area contributed by atoms with Crippen molar-refractivity contribution in [3.8, 4) is 0 Å². The second-order valence-corrected chi connectivity index (χ2v) is 5.32. The molecule has 0 spiro atoms. The molecule has 1 saturated heterocycles. The summed E-state index contributed by atoms with van der Waals surface area (Å²) in [6, 6.07) is 13.8. The molecular formula is C17H18N3O2. The van der Waals surface area contributed by atoms with Crippen LogP contribution < -0.4 is 5.32 Å². The minimum atomic E-state index is -0.242. The fourth-order valence-electron chi connectivity index (χ4n) is 2.80. The third-order valence-corrected chi connectivity index (χ3v) is 3.92. The van der Waals surface area contributed by atoms with Crippen molar-refractivity contribution in [1.82, 2.24) is 15.3 Å². The van der Waals surface area contributed by atoms with E-state index in [4.69, 9.17) is 0 Å². The van der Waals surface area contributed by atoms with Gasteiger partial charge in [0.05, 0.1) is 6.42 Å². The molecule has 1 aliphatic heterocycles. The first-order valence-electron chi connectivity index (χ1n) is 7.42. The summed E-state index contributed by atoms with van der Waals surface area (Å²) in [4.78, 5) is 23.7. The molecule has 1 N–H and O–H groups in total. The van der Waals surface area contributed by atoms with E-state index >= 15 is 0 Å². The summed E-state index contributed by atoms with van der Waals surface area (Å²) in [5, 5.41) is 8.18. The van der Waals surface area contributed by atoms with Crippen LogP contribution in [-0.4, -0.2) is 48.5 Å². The lowest BCUT2D eigenvalue weighted by molar-refractivity contribution is -0.139. The van der Waals surface area contributed by atoms with Crippen molar-refractivity contribution >= 4 is 23.1 Å². The number of hydrazine groups is 1. The van der Waals surface area contributed by atoms with Crippen LogP contribution in [-0.2, 0) is 16.0 Å². The van der Waals surface area contributed by atoms with Crippen LogP contribution in [0.5, 0.6) is 0 Å². The van der Waals surface area contributed by atoms with Crippen LogP contribution >= 0.6 is 0 Å². The van der Waals surface area contributed by atoms with Crippen LogP contribution in [0.25, 0.3) is 10.8 Å². The molecular weight excluding hydrogens is 278 g/mol. The summed E-state index contributed by atoms with van der Waals surface area (Å²) in [7, 11) is 0. The van der Waals surface area contributed by atoms with Crippen molar-refractivity contribution in [3.05, 3.63) is 48.0 Å². The zero-order chi connectivity index (χ0) is 15.4. The highest BCUT2D eigenvalue weighted by atomic mass is 16.2. The van der Waals surface area contributed by atoms with E-state index in [2.05, 4.69) is 5.32 Å². The van der Waals surface area contributed by atoms with Crippen molar-refractivity contribution in [1.29, 1.82) is 0 Å². The van der Waals surface area contributed by atoms with Gasteiger partial charge in [0.1, 0.15) is 0 Å². The van der Waals surface area contributed by atoms with Gasteiger partial charge in [-0.15, -0.1) is 0 Å². The average molecular weight is 296 g/mol. The van der Waals surface area contributed by atoms with E-state index in [1.54, 1.807) is 11.4 Å². The molecule has 0 bridgehead atoms. The fraction of sp³-hybridized carbons (Fsp3) is 0.294. The zero-order valence-electron chi connectivity index (χ0n) is 12.3. The number of fused-ring (bicyclic) bond motifs is 1. The van der Waals surface area contributed by atoms with Gasteiger partial charge in [0.15, 0.2) is 0 Å². The maximum Gasteiger partial charge on any atom is 0.335 e. The Balaban J connectivity index is 1.81. The number of hydrogen-bond donors (Lipinski definition) is 1. The predicted octanol–water partition coefficient (Wildman–Crippen LogP) is 1.10. The van der Waals surface area contributed by atoms with Gasteiger partial charge in [0.25, 0.3) is 0 Å². The highest BCUT2D eigenvalue weighted by molar-refractivity contribution is 5.93. The van der Waals surface area contributed by atoms with E-state index in [-0.39, 0.29) is 12.3 Å². The fourth-order valence-corrected chi connectivity index (χ4v) is 2.80. The molecule has 22 heavy (non-hydrogen) atoms.